The lowest BCUT2D eigenvalue weighted by Gasteiger charge is -2.61. The van der Waals surface area contributed by atoms with Gasteiger partial charge in [0, 0.05) is 31.6 Å². The number of carbonyl (C=O) groups excluding carboxylic acids is 2. The third-order valence-corrected chi connectivity index (χ3v) is 6.93. The highest BCUT2D eigenvalue weighted by molar-refractivity contribution is 5.81. The number of alkyl halides is 3. The zero-order valence-corrected chi connectivity index (χ0v) is 16.8. The van der Waals surface area contributed by atoms with Crippen LogP contribution in [0.15, 0.2) is 18.2 Å². The smallest absolute Gasteiger partial charge is 0.369 e. The zero-order chi connectivity index (χ0) is 22.0. The maximum atomic E-state index is 13.3. The van der Waals surface area contributed by atoms with Gasteiger partial charge in [-0.3, -0.25) is 4.79 Å². The van der Waals surface area contributed by atoms with Crippen molar-refractivity contribution in [3.8, 4) is 0 Å². The van der Waals surface area contributed by atoms with Gasteiger partial charge in [0.25, 0.3) is 0 Å². The number of nitrogens with zero attached hydrogens (tertiary/aromatic N) is 2. The fourth-order valence-corrected chi connectivity index (χ4v) is 5.66. The summed E-state index contributed by atoms with van der Waals surface area (Å²) in [6.07, 6.45) is -2.78. The molecule has 1 aromatic carbocycles. The number of benzene rings is 1. The van der Waals surface area contributed by atoms with E-state index in [4.69, 9.17) is 4.74 Å². The van der Waals surface area contributed by atoms with Gasteiger partial charge in [-0.1, -0.05) is 6.07 Å². The lowest BCUT2D eigenvalue weighted by molar-refractivity contribution is -0.142. The van der Waals surface area contributed by atoms with Gasteiger partial charge in [0.2, 0.25) is 5.91 Å². The van der Waals surface area contributed by atoms with E-state index < -0.39 is 23.1 Å². The minimum absolute atomic E-state index is 0.0104. The van der Waals surface area contributed by atoms with Crippen molar-refractivity contribution in [1.82, 2.24) is 15.1 Å². The lowest BCUT2D eigenvalue weighted by Crippen LogP contribution is -2.78. The van der Waals surface area contributed by atoms with Gasteiger partial charge in [-0.05, 0) is 42.9 Å². The molecule has 3 heterocycles. The number of likely N-dealkylation sites (tertiary alicyclic amines) is 2. The number of carbonyl (C=O) groups is 2. The van der Waals surface area contributed by atoms with Crippen LogP contribution in [0.2, 0.25) is 0 Å². The van der Waals surface area contributed by atoms with Crippen LogP contribution in [0.4, 0.5) is 22.4 Å². The van der Waals surface area contributed by atoms with Crippen LogP contribution in [-0.4, -0.2) is 66.7 Å². The van der Waals surface area contributed by atoms with E-state index in [9.17, 15) is 27.2 Å². The van der Waals surface area contributed by atoms with Crippen molar-refractivity contribution in [2.24, 2.45) is 11.3 Å². The van der Waals surface area contributed by atoms with Crippen molar-refractivity contribution < 1.29 is 31.9 Å². The zero-order valence-electron chi connectivity index (χ0n) is 16.8. The molecule has 4 aliphatic rings. The van der Waals surface area contributed by atoms with Crippen molar-refractivity contribution >= 4 is 11.9 Å². The van der Waals surface area contributed by atoms with Gasteiger partial charge in [-0.2, -0.15) is 13.2 Å². The molecule has 3 amide bonds. The second-order valence-electron chi connectivity index (χ2n) is 9.59. The number of rotatable bonds is 2. The summed E-state index contributed by atoms with van der Waals surface area (Å²) in [6, 6.07) is 2.79. The molecule has 5 rings (SSSR count). The second-order valence-corrected chi connectivity index (χ2v) is 9.59. The van der Waals surface area contributed by atoms with Gasteiger partial charge >= 0.3 is 12.2 Å². The number of amides is 3. The molecule has 0 aromatic heterocycles. The predicted molar refractivity (Wildman–Crippen MR) is 100 cm³/mol. The maximum absolute atomic E-state index is 13.3. The fourth-order valence-electron chi connectivity index (χ4n) is 5.66. The molecule has 168 valence electrons. The molecule has 31 heavy (non-hydrogen) atoms. The molecular formula is C21H23F4N3O3. The summed E-state index contributed by atoms with van der Waals surface area (Å²) in [4.78, 5) is 27.6. The molecule has 1 saturated carbocycles. The molecule has 3 aliphatic heterocycles. The molecule has 3 saturated heterocycles. The van der Waals surface area contributed by atoms with Crippen LogP contribution in [0.25, 0.3) is 0 Å². The third kappa shape index (κ3) is 3.64. The van der Waals surface area contributed by atoms with Gasteiger partial charge in [0.05, 0.1) is 17.7 Å². The molecule has 1 N–H and O–H groups in total. The molecule has 1 aromatic rings. The monoisotopic (exact) mass is 441 g/mol. The first-order valence-electron chi connectivity index (χ1n) is 10.3. The molecule has 6 nitrogen and oxygen atoms in total. The van der Waals surface area contributed by atoms with E-state index in [-0.39, 0.29) is 41.9 Å². The average Bonchev–Trinajstić information content (AvgIpc) is 2.60. The van der Waals surface area contributed by atoms with Crippen molar-refractivity contribution in [1.29, 1.82) is 0 Å². The molecule has 0 atom stereocenters. The van der Waals surface area contributed by atoms with Crippen LogP contribution in [0, 0.1) is 17.2 Å². The van der Waals surface area contributed by atoms with Crippen LogP contribution >= 0.6 is 0 Å². The quantitative estimate of drug-likeness (QED) is 0.718. The van der Waals surface area contributed by atoms with E-state index in [1.54, 1.807) is 9.80 Å². The Hall–Kier alpha value is -2.36. The van der Waals surface area contributed by atoms with Crippen molar-refractivity contribution in [2.45, 2.75) is 31.0 Å². The highest BCUT2D eigenvalue weighted by Gasteiger charge is 2.56. The minimum Gasteiger partial charge on any atom is -0.369 e. The Morgan fingerprint density at radius 3 is 2.48 bits per heavy atom. The van der Waals surface area contributed by atoms with Gasteiger partial charge in [-0.15, -0.1) is 0 Å². The van der Waals surface area contributed by atoms with E-state index in [1.165, 1.54) is 6.07 Å². The number of nitrogens with one attached hydrogen (secondary N) is 1. The molecule has 0 bridgehead atoms. The lowest BCUT2D eigenvalue weighted by atomic mass is 9.56. The Bertz CT molecular complexity index is 915. The van der Waals surface area contributed by atoms with E-state index in [0.717, 1.165) is 18.9 Å². The first kappa shape index (κ1) is 20.5. The van der Waals surface area contributed by atoms with Gasteiger partial charge in [-0.25, -0.2) is 9.18 Å². The summed E-state index contributed by atoms with van der Waals surface area (Å²) < 4.78 is 58.1. The molecule has 0 radical (unpaired) electrons. The molecule has 0 unspecified atom stereocenters. The van der Waals surface area contributed by atoms with E-state index in [1.807, 2.05) is 0 Å². The van der Waals surface area contributed by atoms with Crippen LogP contribution in [0.5, 0.6) is 0 Å². The highest BCUT2D eigenvalue weighted by atomic mass is 19.4. The average molecular weight is 441 g/mol. The normalized spacial score (nSPS) is 24.5. The number of halogens is 4. The topological polar surface area (TPSA) is 61.9 Å². The van der Waals surface area contributed by atoms with Crippen LogP contribution in [0.1, 0.15) is 24.0 Å². The molecular weight excluding hydrogens is 418 g/mol. The van der Waals surface area contributed by atoms with Crippen LogP contribution < -0.4 is 5.32 Å². The molecule has 4 fully saturated rings. The first-order valence-corrected chi connectivity index (χ1v) is 10.3. The van der Waals surface area contributed by atoms with E-state index in [0.29, 0.717) is 38.9 Å². The SMILES string of the molecule is O=C1COCC2(CN(C(=O)N3CC4(CC(Cc5ccc(F)cc5C(F)(F)F)C4)C3)C2)N1. The first-order chi connectivity index (χ1) is 14.6. The summed E-state index contributed by atoms with van der Waals surface area (Å²) in [5.74, 6) is -0.955. The number of hydrogen-bond donors (Lipinski definition) is 1. The standard InChI is InChI=1S/C21H23F4N3O3/c22-15-2-1-14(16(4-15)21(23,24)25)3-13-5-19(6-13)8-27(9-19)18(30)28-10-20(11-28)12-31-7-17(29)26-20/h1-2,4,13H,3,5-12H2,(H,26,29). The Morgan fingerprint density at radius 1 is 1.16 bits per heavy atom. The maximum Gasteiger partial charge on any atom is 0.416 e. The van der Waals surface area contributed by atoms with E-state index >= 15 is 0 Å². The number of ether oxygens (including phenoxy) is 1. The second kappa shape index (κ2) is 6.82. The van der Waals surface area contributed by atoms with Gasteiger partial charge in [0.1, 0.15) is 12.4 Å². The van der Waals surface area contributed by atoms with E-state index in [2.05, 4.69) is 5.32 Å². The summed E-state index contributed by atoms with van der Waals surface area (Å²) in [5.41, 5.74) is -1.25. The molecule has 2 spiro atoms. The van der Waals surface area contributed by atoms with Crippen molar-refractivity contribution in [3.63, 3.8) is 0 Å². The van der Waals surface area contributed by atoms with Crippen LogP contribution in [0.3, 0.4) is 0 Å². The fraction of sp³-hybridized carbons (Fsp3) is 0.619. The largest absolute Gasteiger partial charge is 0.416 e. The highest BCUT2D eigenvalue weighted by Crippen LogP contribution is 2.53. The summed E-state index contributed by atoms with van der Waals surface area (Å²) in [5, 5.41) is 2.90. The molecule has 10 heteroatoms. The van der Waals surface area contributed by atoms with Gasteiger partial charge < -0.3 is 19.9 Å². The minimum atomic E-state index is -4.57. The Balaban J connectivity index is 1.11. The summed E-state index contributed by atoms with van der Waals surface area (Å²) >= 11 is 0. The van der Waals surface area contributed by atoms with Crippen molar-refractivity contribution in [3.05, 3.63) is 35.1 Å². The summed E-state index contributed by atoms with van der Waals surface area (Å²) in [7, 11) is 0. The predicted octanol–water partition coefficient (Wildman–Crippen LogP) is 2.42. The number of hydrogen-bond acceptors (Lipinski definition) is 3. The molecule has 1 aliphatic carbocycles. The summed E-state index contributed by atoms with van der Waals surface area (Å²) in [6.45, 7) is 2.50. The number of morpholine rings is 1. The Labute approximate surface area is 176 Å². The Kier molecular flexibility index (Phi) is 4.52. The Morgan fingerprint density at radius 2 is 1.84 bits per heavy atom. The van der Waals surface area contributed by atoms with Gasteiger partial charge in [0.15, 0.2) is 0 Å². The third-order valence-electron chi connectivity index (χ3n) is 6.93. The van der Waals surface area contributed by atoms with Crippen LogP contribution in [-0.2, 0) is 22.1 Å². The van der Waals surface area contributed by atoms with Crippen molar-refractivity contribution in [2.75, 3.05) is 39.4 Å². The number of urea groups is 1.